The molecule has 0 aliphatic carbocycles. The van der Waals surface area contributed by atoms with Gasteiger partial charge in [0.2, 0.25) is 5.91 Å². The summed E-state index contributed by atoms with van der Waals surface area (Å²) < 4.78 is 36.5. The minimum atomic E-state index is -4.38. The normalized spacial score (nSPS) is 14.1. The van der Waals surface area contributed by atoms with Crippen molar-refractivity contribution in [1.82, 2.24) is 4.90 Å². The predicted octanol–water partition coefficient (Wildman–Crippen LogP) is 1.52. The second kappa shape index (κ2) is 5.34. The molecule has 0 aliphatic rings. The standard InChI is InChI=1S/C9H17F3N2O/c1-4-7(13)8(15)14(6(2)3)5-9(10,11)12/h6-7H,4-5,13H2,1-3H3/t7-/m1/s1. The van der Waals surface area contributed by atoms with Crippen LogP contribution in [0.2, 0.25) is 0 Å². The van der Waals surface area contributed by atoms with E-state index in [9.17, 15) is 18.0 Å². The van der Waals surface area contributed by atoms with Crippen molar-refractivity contribution in [2.75, 3.05) is 6.54 Å². The van der Waals surface area contributed by atoms with E-state index in [1.165, 1.54) is 13.8 Å². The van der Waals surface area contributed by atoms with Gasteiger partial charge in [0.15, 0.2) is 0 Å². The Labute approximate surface area is 87.4 Å². The van der Waals surface area contributed by atoms with Crippen LogP contribution in [-0.4, -0.2) is 35.6 Å². The molecule has 0 fully saturated rings. The molecule has 0 aliphatic heterocycles. The number of amides is 1. The molecule has 0 heterocycles. The van der Waals surface area contributed by atoms with Crippen molar-refractivity contribution in [3.05, 3.63) is 0 Å². The van der Waals surface area contributed by atoms with Crippen LogP contribution in [0.25, 0.3) is 0 Å². The fraction of sp³-hybridized carbons (Fsp3) is 0.889. The quantitative estimate of drug-likeness (QED) is 0.790. The number of halogens is 3. The Morgan fingerprint density at radius 3 is 2.13 bits per heavy atom. The van der Waals surface area contributed by atoms with Crippen LogP contribution in [-0.2, 0) is 4.79 Å². The minimum Gasteiger partial charge on any atom is -0.330 e. The second-order valence-corrected chi connectivity index (χ2v) is 3.69. The third-order valence-corrected chi connectivity index (χ3v) is 2.01. The molecule has 0 unspecified atom stereocenters. The molecular formula is C9H17F3N2O. The molecule has 0 rings (SSSR count). The smallest absolute Gasteiger partial charge is 0.330 e. The van der Waals surface area contributed by atoms with E-state index in [-0.39, 0.29) is 0 Å². The maximum Gasteiger partial charge on any atom is 0.406 e. The Morgan fingerprint density at radius 2 is 1.87 bits per heavy atom. The largest absolute Gasteiger partial charge is 0.406 e. The first-order chi connectivity index (χ1) is 6.69. The summed E-state index contributed by atoms with van der Waals surface area (Å²) in [6, 6.07) is -1.36. The lowest BCUT2D eigenvalue weighted by Crippen LogP contribution is -2.50. The molecule has 6 heteroatoms. The Bertz CT molecular complexity index is 216. The summed E-state index contributed by atoms with van der Waals surface area (Å²) in [6.07, 6.45) is -4.05. The van der Waals surface area contributed by atoms with Crippen molar-refractivity contribution in [3.63, 3.8) is 0 Å². The van der Waals surface area contributed by atoms with Gasteiger partial charge in [-0.2, -0.15) is 13.2 Å². The lowest BCUT2D eigenvalue weighted by atomic mass is 10.2. The van der Waals surface area contributed by atoms with E-state index in [0.717, 1.165) is 4.90 Å². The number of rotatable bonds is 4. The van der Waals surface area contributed by atoms with Crippen LogP contribution >= 0.6 is 0 Å². The van der Waals surface area contributed by atoms with Crippen molar-refractivity contribution in [2.24, 2.45) is 5.73 Å². The first kappa shape index (κ1) is 14.2. The molecule has 0 saturated heterocycles. The highest BCUT2D eigenvalue weighted by Crippen LogP contribution is 2.18. The SMILES string of the molecule is CC[C@@H](N)C(=O)N(CC(F)(F)F)C(C)C. The number of nitrogens with two attached hydrogens (primary N) is 1. The molecule has 2 N–H and O–H groups in total. The first-order valence-electron chi connectivity index (χ1n) is 4.81. The third kappa shape index (κ3) is 5.01. The van der Waals surface area contributed by atoms with E-state index in [2.05, 4.69) is 0 Å². The number of nitrogens with zero attached hydrogens (tertiary/aromatic N) is 1. The summed E-state index contributed by atoms with van der Waals surface area (Å²) in [7, 11) is 0. The van der Waals surface area contributed by atoms with E-state index in [1.807, 2.05) is 0 Å². The number of carbonyl (C=O) groups excluding carboxylic acids is 1. The fourth-order valence-electron chi connectivity index (χ4n) is 1.10. The fourth-order valence-corrected chi connectivity index (χ4v) is 1.10. The maximum atomic E-state index is 12.2. The summed E-state index contributed by atoms with van der Waals surface area (Å²) in [5.41, 5.74) is 5.42. The van der Waals surface area contributed by atoms with Crippen molar-refractivity contribution < 1.29 is 18.0 Å². The zero-order valence-electron chi connectivity index (χ0n) is 9.14. The summed E-state index contributed by atoms with van der Waals surface area (Å²) in [5.74, 6) is -0.648. The van der Waals surface area contributed by atoms with E-state index < -0.39 is 30.7 Å². The van der Waals surface area contributed by atoms with Gasteiger partial charge in [-0.15, -0.1) is 0 Å². The molecule has 0 bridgehead atoms. The van der Waals surface area contributed by atoms with Gasteiger partial charge in [-0.3, -0.25) is 4.79 Å². The lowest BCUT2D eigenvalue weighted by Gasteiger charge is -2.29. The highest BCUT2D eigenvalue weighted by Gasteiger charge is 2.35. The van der Waals surface area contributed by atoms with Gasteiger partial charge in [-0.25, -0.2) is 0 Å². The summed E-state index contributed by atoms with van der Waals surface area (Å²) in [5, 5.41) is 0. The molecule has 15 heavy (non-hydrogen) atoms. The minimum absolute atomic E-state index is 0.333. The van der Waals surface area contributed by atoms with Crippen LogP contribution in [0.5, 0.6) is 0 Å². The topological polar surface area (TPSA) is 46.3 Å². The Kier molecular flexibility index (Phi) is 5.07. The molecule has 0 aromatic rings. The molecule has 0 saturated carbocycles. The molecule has 0 spiro atoms. The number of hydrogen-bond donors (Lipinski definition) is 1. The Morgan fingerprint density at radius 1 is 1.40 bits per heavy atom. The van der Waals surface area contributed by atoms with Crippen LogP contribution in [0.1, 0.15) is 27.2 Å². The second-order valence-electron chi connectivity index (χ2n) is 3.69. The molecule has 0 aromatic heterocycles. The number of carbonyl (C=O) groups is 1. The molecule has 0 radical (unpaired) electrons. The van der Waals surface area contributed by atoms with Crippen LogP contribution in [0.3, 0.4) is 0 Å². The van der Waals surface area contributed by atoms with Crippen molar-refractivity contribution in [2.45, 2.75) is 45.5 Å². The van der Waals surface area contributed by atoms with Crippen LogP contribution < -0.4 is 5.73 Å². The summed E-state index contributed by atoms with van der Waals surface area (Å²) in [6.45, 7) is 3.49. The van der Waals surface area contributed by atoms with Crippen LogP contribution in [0.15, 0.2) is 0 Å². The maximum absolute atomic E-state index is 12.2. The van der Waals surface area contributed by atoms with Crippen molar-refractivity contribution in [1.29, 1.82) is 0 Å². The molecule has 0 aromatic carbocycles. The first-order valence-corrected chi connectivity index (χ1v) is 4.81. The van der Waals surface area contributed by atoms with E-state index in [0.29, 0.717) is 6.42 Å². The van der Waals surface area contributed by atoms with Crippen LogP contribution in [0.4, 0.5) is 13.2 Å². The van der Waals surface area contributed by atoms with Crippen molar-refractivity contribution in [3.8, 4) is 0 Å². The van der Waals surface area contributed by atoms with E-state index in [4.69, 9.17) is 5.73 Å². The zero-order valence-corrected chi connectivity index (χ0v) is 9.14. The van der Waals surface area contributed by atoms with Gasteiger partial charge < -0.3 is 10.6 Å². The molecule has 3 nitrogen and oxygen atoms in total. The molecule has 1 amide bonds. The van der Waals surface area contributed by atoms with Gasteiger partial charge >= 0.3 is 6.18 Å². The van der Waals surface area contributed by atoms with Crippen molar-refractivity contribution >= 4 is 5.91 Å². The zero-order chi connectivity index (χ0) is 12.2. The highest BCUT2D eigenvalue weighted by molar-refractivity contribution is 5.81. The van der Waals surface area contributed by atoms with Crippen LogP contribution in [0, 0.1) is 0 Å². The Hall–Kier alpha value is -0.780. The summed E-state index contributed by atoms with van der Waals surface area (Å²) in [4.78, 5) is 12.3. The summed E-state index contributed by atoms with van der Waals surface area (Å²) >= 11 is 0. The Balaban J connectivity index is 4.60. The van der Waals surface area contributed by atoms with E-state index in [1.54, 1.807) is 6.92 Å². The number of hydrogen-bond acceptors (Lipinski definition) is 2. The lowest BCUT2D eigenvalue weighted by molar-refractivity contribution is -0.165. The van der Waals surface area contributed by atoms with Gasteiger partial charge in [0.05, 0.1) is 6.04 Å². The average molecular weight is 226 g/mol. The molecular weight excluding hydrogens is 209 g/mol. The third-order valence-electron chi connectivity index (χ3n) is 2.01. The number of alkyl halides is 3. The van der Waals surface area contributed by atoms with Gasteiger partial charge in [0.1, 0.15) is 6.54 Å². The predicted molar refractivity (Wildman–Crippen MR) is 51.2 cm³/mol. The van der Waals surface area contributed by atoms with Gasteiger partial charge in [0.25, 0.3) is 0 Å². The van der Waals surface area contributed by atoms with Gasteiger partial charge in [-0.1, -0.05) is 6.92 Å². The monoisotopic (exact) mass is 226 g/mol. The highest BCUT2D eigenvalue weighted by atomic mass is 19.4. The van der Waals surface area contributed by atoms with Gasteiger partial charge in [-0.05, 0) is 20.3 Å². The van der Waals surface area contributed by atoms with E-state index >= 15 is 0 Å². The average Bonchev–Trinajstić information content (AvgIpc) is 2.10. The molecule has 90 valence electrons. The molecule has 1 atom stereocenters. The van der Waals surface area contributed by atoms with Gasteiger partial charge in [0, 0.05) is 6.04 Å².